The summed E-state index contributed by atoms with van der Waals surface area (Å²) < 4.78 is 49.9. The zero-order chi connectivity index (χ0) is 46.3. The number of pyridine rings is 2. The Morgan fingerprint density at radius 1 is 0.317 bits per heavy atom. The molecule has 0 N–H and O–H groups in total. The predicted octanol–water partition coefficient (Wildman–Crippen LogP) is 15.7. The van der Waals surface area contributed by atoms with Gasteiger partial charge in [-0.25, -0.2) is 0 Å². The first-order valence-corrected chi connectivity index (χ1v) is 20.3. The van der Waals surface area contributed by atoms with Gasteiger partial charge in [0.15, 0.2) is 0 Å². The van der Waals surface area contributed by atoms with E-state index in [2.05, 4.69) is 100 Å². The number of hydrogen-bond acceptors (Lipinski definition) is 2. The third-order valence-electron chi connectivity index (χ3n) is 12.0. The van der Waals surface area contributed by atoms with Crippen molar-refractivity contribution in [3.8, 4) is 89.3 Å². The molecule has 2 aromatic heterocycles. The lowest BCUT2D eigenvalue weighted by atomic mass is 9.80. The first-order chi connectivity index (χ1) is 31.7. The first kappa shape index (κ1) is 31.8. The van der Waals surface area contributed by atoms with Gasteiger partial charge in [-0.2, -0.15) is 0 Å². The molecule has 9 rings (SSSR count). The van der Waals surface area contributed by atoms with Crippen molar-refractivity contribution >= 4 is 0 Å². The van der Waals surface area contributed by atoms with Crippen molar-refractivity contribution in [2.45, 2.75) is 41.4 Å². The molecule has 0 bridgehead atoms. The second-order valence-electron chi connectivity index (χ2n) is 15.5. The van der Waals surface area contributed by atoms with Crippen molar-refractivity contribution in [3.05, 3.63) is 216 Å². The predicted molar refractivity (Wildman–Crippen MR) is 254 cm³/mol. The summed E-state index contributed by atoms with van der Waals surface area (Å²) in [6.07, 6.45) is 3.35. The molecule has 60 heavy (non-hydrogen) atoms. The van der Waals surface area contributed by atoms with Gasteiger partial charge in [0.05, 0.1) is 11.4 Å². The molecule has 0 atom stereocenters. The highest BCUT2D eigenvalue weighted by Crippen LogP contribution is 2.45. The Bertz CT molecular complexity index is 2980. The van der Waals surface area contributed by atoms with Gasteiger partial charge >= 0.3 is 0 Å². The molecule has 290 valence electrons. The van der Waals surface area contributed by atoms with E-state index < -0.39 is 13.7 Å². The van der Waals surface area contributed by atoms with Crippen LogP contribution in [-0.4, -0.2) is 9.97 Å². The Balaban J connectivity index is 1.04. The van der Waals surface area contributed by atoms with Crippen LogP contribution in [0.5, 0.6) is 0 Å². The molecule has 0 amide bonds. The molecule has 2 heteroatoms. The van der Waals surface area contributed by atoms with Gasteiger partial charge in [-0.1, -0.05) is 158 Å². The van der Waals surface area contributed by atoms with Crippen LogP contribution in [0.2, 0.25) is 0 Å². The molecule has 0 radical (unpaired) electrons. The summed E-state index contributed by atoms with van der Waals surface area (Å²) in [5.41, 5.74) is 20.2. The summed E-state index contributed by atoms with van der Waals surface area (Å²) in [4.78, 5) is 9.47. The van der Waals surface area contributed by atoms with Crippen LogP contribution in [0.4, 0.5) is 0 Å². The van der Waals surface area contributed by atoms with E-state index in [0.29, 0.717) is 22.5 Å². The smallest absolute Gasteiger partial charge is 0.0705 e. The largest absolute Gasteiger partial charge is 0.256 e. The second kappa shape index (κ2) is 16.2. The van der Waals surface area contributed by atoms with Crippen molar-refractivity contribution in [3.63, 3.8) is 0 Å². The topological polar surface area (TPSA) is 25.8 Å². The Morgan fingerprint density at radius 3 is 0.967 bits per heavy atom. The molecular weight excluding hydrogens is 725 g/mol. The van der Waals surface area contributed by atoms with Crippen molar-refractivity contribution < 1.29 is 8.22 Å². The molecule has 9 aromatic rings. The van der Waals surface area contributed by atoms with Crippen LogP contribution in [0.1, 0.15) is 41.6 Å². The average molecular weight is 779 g/mol. The van der Waals surface area contributed by atoms with Gasteiger partial charge in [-0.15, -0.1) is 0 Å². The summed E-state index contributed by atoms with van der Waals surface area (Å²) in [5, 5.41) is 0. The molecule has 2 heterocycles. The minimum absolute atomic E-state index is 0.278. The standard InChI is InChI=1S/C58H48N2/c1-37-33-55(59-35-53(37)43-17-9-7-10-18-43)47-29-25-45(26-30-47)49-21-13-15-23-51(49)57-39(3)41(5)58(42(6)40(57)4)52-24-16-14-22-50(52)46-27-31-48(32-28-46)56-34-38(2)54(36-60-56)44-19-11-8-12-20-44/h7-36H,1-6H3/i1D3,2D3. The first-order valence-electron chi connectivity index (χ1n) is 23.3. The van der Waals surface area contributed by atoms with Crippen molar-refractivity contribution in [2.75, 3.05) is 0 Å². The van der Waals surface area contributed by atoms with E-state index in [9.17, 15) is 0 Å². The Kier molecular flexibility index (Phi) is 8.60. The lowest BCUT2D eigenvalue weighted by Crippen LogP contribution is -2.02. The van der Waals surface area contributed by atoms with Crippen molar-refractivity contribution in [1.29, 1.82) is 0 Å². The highest BCUT2D eigenvalue weighted by molar-refractivity contribution is 5.93. The molecule has 0 aliphatic heterocycles. The third kappa shape index (κ3) is 7.16. The van der Waals surface area contributed by atoms with Gasteiger partial charge in [-0.3, -0.25) is 9.97 Å². The SMILES string of the molecule is [2H]C([2H])([2H])c1cc(-c2ccc(-c3ccccc3-c3c(C)c(C)c(-c4ccccc4-c4ccc(-c5cc(C([2H])([2H])[2H])c(-c6ccccc6)cn5)cc4)c(C)c3C)cc2)ncc1-c1ccccc1. The maximum absolute atomic E-state index is 8.32. The van der Waals surface area contributed by atoms with E-state index in [-0.39, 0.29) is 11.1 Å². The second-order valence-corrected chi connectivity index (χ2v) is 15.5. The van der Waals surface area contributed by atoms with Crippen LogP contribution >= 0.6 is 0 Å². The van der Waals surface area contributed by atoms with E-state index in [1.54, 1.807) is 24.5 Å². The molecule has 0 fully saturated rings. The fourth-order valence-electron chi connectivity index (χ4n) is 8.59. The van der Waals surface area contributed by atoms with Crippen LogP contribution in [0, 0.1) is 41.4 Å². The molecule has 0 unspecified atom stereocenters. The lowest BCUT2D eigenvalue weighted by Gasteiger charge is -2.24. The van der Waals surface area contributed by atoms with Crippen LogP contribution in [-0.2, 0) is 0 Å². The molecule has 2 nitrogen and oxygen atoms in total. The van der Waals surface area contributed by atoms with E-state index in [4.69, 9.17) is 18.2 Å². The number of nitrogens with zero attached hydrogens (tertiary/aromatic N) is 2. The summed E-state index contributed by atoms with van der Waals surface area (Å²) in [7, 11) is 0. The molecule has 7 aromatic carbocycles. The van der Waals surface area contributed by atoms with E-state index in [0.717, 1.165) is 55.6 Å². The summed E-state index contributed by atoms with van der Waals surface area (Å²) in [6.45, 7) is 4.26. The normalized spacial score (nSPS) is 13.1. The van der Waals surface area contributed by atoms with Gasteiger partial charge in [0.25, 0.3) is 0 Å². The molecule has 0 aliphatic carbocycles. The van der Waals surface area contributed by atoms with Gasteiger partial charge < -0.3 is 0 Å². The van der Waals surface area contributed by atoms with Crippen LogP contribution in [0.3, 0.4) is 0 Å². The van der Waals surface area contributed by atoms with E-state index in [1.807, 2.05) is 84.9 Å². The number of aromatic nitrogens is 2. The monoisotopic (exact) mass is 778 g/mol. The number of aryl methyl sites for hydroxylation is 2. The summed E-state index contributed by atoms with van der Waals surface area (Å²) in [6, 6.07) is 56.0. The summed E-state index contributed by atoms with van der Waals surface area (Å²) in [5.74, 6) is 0. The highest BCUT2D eigenvalue weighted by atomic mass is 14.7. The molecule has 0 saturated heterocycles. The Morgan fingerprint density at radius 2 is 0.617 bits per heavy atom. The Hall–Kier alpha value is -7.16. The van der Waals surface area contributed by atoms with E-state index in [1.165, 1.54) is 33.4 Å². The quantitative estimate of drug-likeness (QED) is 0.154. The number of benzene rings is 7. The highest BCUT2D eigenvalue weighted by Gasteiger charge is 2.21. The Labute approximate surface area is 363 Å². The third-order valence-corrected chi connectivity index (χ3v) is 12.0. The molecule has 0 saturated carbocycles. The van der Waals surface area contributed by atoms with Crippen LogP contribution in [0.25, 0.3) is 89.3 Å². The fraction of sp³-hybridized carbons (Fsp3) is 0.103. The average Bonchev–Trinajstić information content (AvgIpc) is 3.33. The van der Waals surface area contributed by atoms with Gasteiger partial charge in [-0.05, 0) is 143 Å². The fourth-order valence-corrected chi connectivity index (χ4v) is 8.59. The minimum Gasteiger partial charge on any atom is -0.256 e. The van der Waals surface area contributed by atoms with Crippen LogP contribution in [0.15, 0.2) is 182 Å². The molecule has 0 aliphatic rings. The number of hydrogen-bond donors (Lipinski definition) is 0. The van der Waals surface area contributed by atoms with Crippen molar-refractivity contribution in [2.24, 2.45) is 0 Å². The van der Waals surface area contributed by atoms with Crippen molar-refractivity contribution in [1.82, 2.24) is 9.97 Å². The molecular formula is C58H48N2. The van der Waals surface area contributed by atoms with Gasteiger partial charge in [0.2, 0.25) is 0 Å². The zero-order valence-corrected chi connectivity index (χ0v) is 34.2. The van der Waals surface area contributed by atoms with Gasteiger partial charge in [0, 0.05) is 42.9 Å². The molecule has 0 spiro atoms. The van der Waals surface area contributed by atoms with Gasteiger partial charge in [0.1, 0.15) is 0 Å². The van der Waals surface area contributed by atoms with Crippen LogP contribution < -0.4 is 0 Å². The van der Waals surface area contributed by atoms with E-state index >= 15 is 0 Å². The number of rotatable bonds is 8. The minimum atomic E-state index is -2.30. The lowest BCUT2D eigenvalue weighted by molar-refractivity contribution is 1.25. The maximum Gasteiger partial charge on any atom is 0.0705 e. The zero-order valence-electron chi connectivity index (χ0n) is 40.2. The maximum atomic E-state index is 8.32. The summed E-state index contributed by atoms with van der Waals surface area (Å²) >= 11 is 0.